The van der Waals surface area contributed by atoms with Crippen molar-refractivity contribution in [2.45, 2.75) is 57.9 Å². The molecular weight excluding hydrogens is 308 g/mol. The molecule has 0 N–H and O–H groups in total. The number of likely N-dealkylation sites (tertiary alicyclic amines) is 1. The first-order chi connectivity index (χ1) is 11.6. The molecule has 2 amide bonds. The average molecular weight is 334 g/mol. The van der Waals surface area contributed by atoms with Gasteiger partial charge in [-0.1, -0.05) is 12.1 Å². The van der Waals surface area contributed by atoms with E-state index in [4.69, 9.17) is 4.52 Å². The molecule has 1 atom stereocenters. The van der Waals surface area contributed by atoms with Gasteiger partial charge in [-0.2, -0.15) is 4.98 Å². The van der Waals surface area contributed by atoms with Crippen LogP contribution in [0.2, 0.25) is 0 Å². The van der Waals surface area contributed by atoms with Crippen LogP contribution < -0.4 is 0 Å². The molecule has 0 spiro atoms. The second kappa shape index (κ2) is 7.32. The Hall–Kier alpha value is -1.92. The molecule has 1 aromatic heterocycles. The highest BCUT2D eigenvalue weighted by atomic mass is 16.5. The van der Waals surface area contributed by atoms with Gasteiger partial charge in [0.05, 0.1) is 6.04 Å². The fourth-order valence-electron chi connectivity index (χ4n) is 3.23. The minimum absolute atomic E-state index is 0.0610. The van der Waals surface area contributed by atoms with Crippen LogP contribution in [0.5, 0.6) is 0 Å². The Morgan fingerprint density at radius 1 is 1.33 bits per heavy atom. The molecular formula is C17H26N4O3. The summed E-state index contributed by atoms with van der Waals surface area (Å²) in [6.07, 6.45) is 5.64. The molecule has 7 nitrogen and oxygen atoms in total. The first-order valence-corrected chi connectivity index (χ1v) is 8.97. The summed E-state index contributed by atoms with van der Waals surface area (Å²) in [5.74, 6) is 1.60. The van der Waals surface area contributed by atoms with E-state index >= 15 is 0 Å². The number of carbonyl (C=O) groups excluding carboxylic acids is 2. The molecule has 3 rings (SSSR count). The van der Waals surface area contributed by atoms with Crippen LogP contribution in [0.15, 0.2) is 4.52 Å². The van der Waals surface area contributed by atoms with Gasteiger partial charge >= 0.3 is 0 Å². The molecule has 0 bridgehead atoms. The first kappa shape index (κ1) is 16.9. The normalized spacial score (nSPS) is 20.4. The van der Waals surface area contributed by atoms with Gasteiger partial charge in [0.25, 0.3) is 0 Å². The summed E-state index contributed by atoms with van der Waals surface area (Å²) in [6, 6.07) is -0.0610. The number of aryl methyl sites for hydroxylation is 1. The molecule has 1 aromatic rings. The number of hydrogen-bond donors (Lipinski definition) is 0. The maximum Gasteiger partial charge on any atom is 0.227 e. The Balaban J connectivity index is 1.56. The van der Waals surface area contributed by atoms with Gasteiger partial charge in [0.1, 0.15) is 0 Å². The van der Waals surface area contributed by atoms with Gasteiger partial charge in [0, 0.05) is 38.9 Å². The second-order valence-electron chi connectivity index (χ2n) is 6.83. The molecule has 1 saturated carbocycles. The molecule has 1 aliphatic heterocycles. The predicted molar refractivity (Wildman–Crippen MR) is 87.0 cm³/mol. The van der Waals surface area contributed by atoms with Crippen molar-refractivity contribution < 1.29 is 14.1 Å². The molecule has 132 valence electrons. The maximum atomic E-state index is 12.3. The van der Waals surface area contributed by atoms with Crippen LogP contribution in [0.25, 0.3) is 0 Å². The van der Waals surface area contributed by atoms with E-state index in [1.807, 2.05) is 18.9 Å². The van der Waals surface area contributed by atoms with Gasteiger partial charge in [-0.15, -0.1) is 0 Å². The number of nitrogens with zero attached hydrogens (tertiary/aromatic N) is 4. The smallest absolute Gasteiger partial charge is 0.227 e. The minimum atomic E-state index is -0.0610. The summed E-state index contributed by atoms with van der Waals surface area (Å²) in [4.78, 5) is 32.4. The lowest BCUT2D eigenvalue weighted by Crippen LogP contribution is -2.32. The van der Waals surface area contributed by atoms with Crippen molar-refractivity contribution in [3.63, 3.8) is 0 Å². The number of rotatable bonds is 7. The van der Waals surface area contributed by atoms with Crippen LogP contribution in [0.4, 0.5) is 0 Å². The third-order valence-electron chi connectivity index (χ3n) is 4.78. The average Bonchev–Trinajstić information content (AvgIpc) is 3.12. The first-order valence-electron chi connectivity index (χ1n) is 8.97. The zero-order valence-corrected chi connectivity index (χ0v) is 14.5. The van der Waals surface area contributed by atoms with E-state index < -0.39 is 0 Å². The van der Waals surface area contributed by atoms with Crippen LogP contribution in [0.1, 0.15) is 63.2 Å². The summed E-state index contributed by atoms with van der Waals surface area (Å²) >= 11 is 0. The Morgan fingerprint density at radius 3 is 2.83 bits per heavy atom. The van der Waals surface area contributed by atoms with Gasteiger partial charge in [0.2, 0.25) is 17.7 Å². The summed E-state index contributed by atoms with van der Waals surface area (Å²) in [6.45, 7) is 3.59. The van der Waals surface area contributed by atoms with Crippen LogP contribution in [0, 0.1) is 5.92 Å². The lowest BCUT2D eigenvalue weighted by Gasteiger charge is -2.21. The quantitative estimate of drug-likeness (QED) is 0.761. The van der Waals surface area contributed by atoms with Crippen LogP contribution in [0.3, 0.4) is 0 Å². The van der Waals surface area contributed by atoms with E-state index in [0.717, 1.165) is 45.2 Å². The maximum absolute atomic E-state index is 12.3. The van der Waals surface area contributed by atoms with Gasteiger partial charge in [-0.3, -0.25) is 9.59 Å². The van der Waals surface area contributed by atoms with Gasteiger partial charge < -0.3 is 14.3 Å². The topological polar surface area (TPSA) is 79.5 Å². The van der Waals surface area contributed by atoms with Crippen molar-refractivity contribution >= 4 is 11.8 Å². The van der Waals surface area contributed by atoms with Crippen molar-refractivity contribution in [1.82, 2.24) is 19.9 Å². The predicted octanol–water partition coefficient (Wildman–Crippen LogP) is 1.94. The highest BCUT2D eigenvalue weighted by molar-refractivity contribution is 5.81. The van der Waals surface area contributed by atoms with Gasteiger partial charge in [-0.05, 0) is 32.1 Å². The summed E-state index contributed by atoms with van der Waals surface area (Å²) < 4.78 is 5.30. The lowest BCUT2D eigenvalue weighted by molar-refractivity contribution is -0.133. The third-order valence-corrected chi connectivity index (χ3v) is 4.78. The van der Waals surface area contributed by atoms with E-state index in [9.17, 15) is 9.59 Å². The largest absolute Gasteiger partial charge is 0.346 e. The molecule has 0 aromatic carbocycles. The van der Waals surface area contributed by atoms with Gasteiger partial charge in [0.15, 0.2) is 5.82 Å². The highest BCUT2D eigenvalue weighted by Crippen LogP contribution is 2.37. The van der Waals surface area contributed by atoms with Crippen molar-refractivity contribution in [2.24, 2.45) is 5.92 Å². The molecule has 1 aliphatic carbocycles. The van der Waals surface area contributed by atoms with E-state index in [2.05, 4.69) is 10.1 Å². The van der Waals surface area contributed by atoms with Crippen molar-refractivity contribution in [3.05, 3.63) is 11.7 Å². The molecule has 7 heteroatoms. The Kier molecular flexibility index (Phi) is 5.16. The number of hydrogen-bond acceptors (Lipinski definition) is 5. The summed E-state index contributed by atoms with van der Waals surface area (Å²) in [7, 11) is 1.81. The van der Waals surface area contributed by atoms with Crippen molar-refractivity contribution in [1.29, 1.82) is 0 Å². The number of carbonyl (C=O) groups is 2. The minimum Gasteiger partial charge on any atom is -0.346 e. The molecule has 2 aliphatic rings. The Bertz CT molecular complexity index is 596. The molecule has 2 fully saturated rings. The van der Waals surface area contributed by atoms with Crippen LogP contribution in [-0.2, 0) is 16.0 Å². The SMILES string of the molecule is CCCN(C)C(=O)CCc1nc(C2CCCN2C(=O)C2CC2)no1. The van der Waals surface area contributed by atoms with E-state index in [0.29, 0.717) is 24.6 Å². The molecule has 1 unspecified atom stereocenters. The Labute approximate surface area is 142 Å². The van der Waals surface area contributed by atoms with E-state index in [-0.39, 0.29) is 23.8 Å². The standard InChI is InChI=1S/C17H26N4O3/c1-3-10-20(2)15(22)9-8-14-18-16(19-24-14)13-5-4-11-21(13)17(23)12-6-7-12/h12-13H,3-11H2,1-2H3. The number of amides is 2. The Morgan fingerprint density at radius 2 is 2.12 bits per heavy atom. The zero-order valence-electron chi connectivity index (χ0n) is 14.5. The summed E-state index contributed by atoms with van der Waals surface area (Å²) in [5, 5.41) is 4.06. The zero-order chi connectivity index (χ0) is 17.1. The van der Waals surface area contributed by atoms with E-state index in [1.54, 1.807) is 4.90 Å². The van der Waals surface area contributed by atoms with Crippen molar-refractivity contribution in [2.75, 3.05) is 20.1 Å². The number of aromatic nitrogens is 2. The molecule has 24 heavy (non-hydrogen) atoms. The highest BCUT2D eigenvalue weighted by Gasteiger charge is 2.40. The van der Waals surface area contributed by atoms with Crippen LogP contribution >= 0.6 is 0 Å². The summed E-state index contributed by atoms with van der Waals surface area (Å²) in [5.41, 5.74) is 0. The van der Waals surface area contributed by atoms with Crippen molar-refractivity contribution in [3.8, 4) is 0 Å². The third kappa shape index (κ3) is 3.76. The fraction of sp³-hybridized carbons (Fsp3) is 0.765. The molecule has 2 heterocycles. The monoisotopic (exact) mass is 334 g/mol. The van der Waals surface area contributed by atoms with Crippen LogP contribution in [-0.4, -0.2) is 51.9 Å². The van der Waals surface area contributed by atoms with E-state index in [1.165, 1.54) is 0 Å². The van der Waals surface area contributed by atoms with Gasteiger partial charge in [-0.25, -0.2) is 0 Å². The fourth-order valence-corrected chi connectivity index (χ4v) is 3.23. The molecule has 0 radical (unpaired) electrons. The second-order valence-corrected chi connectivity index (χ2v) is 6.83. The lowest BCUT2D eigenvalue weighted by atomic mass is 10.2. The molecule has 1 saturated heterocycles.